The summed E-state index contributed by atoms with van der Waals surface area (Å²) in [7, 11) is 0. The molecule has 0 amide bonds. The summed E-state index contributed by atoms with van der Waals surface area (Å²) in [5.74, 6) is 0. The summed E-state index contributed by atoms with van der Waals surface area (Å²) in [6, 6.07) is 9.01. The zero-order chi connectivity index (χ0) is 14.7. The largest absolute Gasteiger partial charge is 0.309 e. The van der Waals surface area contributed by atoms with Crippen LogP contribution in [0.4, 0.5) is 0 Å². The molecule has 1 atom stereocenters. The van der Waals surface area contributed by atoms with Crippen LogP contribution in [0.2, 0.25) is 4.34 Å². The third kappa shape index (κ3) is 3.63. The number of hydrogen-bond donors (Lipinski definition) is 1. The zero-order valence-electron chi connectivity index (χ0n) is 12.6. The lowest BCUT2D eigenvalue weighted by atomic mass is 9.94. The van der Waals surface area contributed by atoms with Gasteiger partial charge < -0.3 is 5.32 Å². The Kier molecular flexibility index (Phi) is 5.25. The Balaban J connectivity index is 2.29. The number of benzene rings is 1. The molecule has 1 aromatic carbocycles. The van der Waals surface area contributed by atoms with Crippen molar-refractivity contribution in [3.63, 3.8) is 0 Å². The number of hydrogen-bond acceptors (Lipinski definition) is 2. The van der Waals surface area contributed by atoms with Gasteiger partial charge in [-0.3, -0.25) is 0 Å². The van der Waals surface area contributed by atoms with E-state index in [0.717, 1.165) is 17.3 Å². The molecule has 3 heteroatoms. The van der Waals surface area contributed by atoms with Gasteiger partial charge in [-0.05, 0) is 62.6 Å². The van der Waals surface area contributed by atoms with Crippen LogP contribution in [0.5, 0.6) is 0 Å². The molecule has 0 bridgehead atoms. The topological polar surface area (TPSA) is 12.0 Å². The molecular formula is C17H22ClNS. The molecule has 0 aliphatic carbocycles. The highest BCUT2D eigenvalue weighted by atomic mass is 35.5. The first-order valence-electron chi connectivity index (χ1n) is 7.06. The smallest absolute Gasteiger partial charge is 0.0931 e. The molecule has 1 N–H and O–H groups in total. The molecule has 0 aliphatic heterocycles. The second-order valence-electron chi connectivity index (χ2n) is 5.33. The summed E-state index contributed by atoms with van der Waals surface area (Å²) >= 11 is 7.75. The Morgan fingerprint density at radius 2 is 1.80 bits per heavy atom. The fourth-order valence-corrected chi connectivity index (χ4v) is 3.91. The summed E-state index contributed by atoms with van der Waals surface area (Å²) in [5, 5.41) is 3.58. The Labute approximate surface area is 131 Å². The first kappa shape index (κ1) is 15.6. The van der Waals surface area contributed by atoms with E-state index in [1.807, 2.05) is 6.07 Å². The average molecular weight is 308 g/mol. The number of rotatable bonds is 5. The maximum atomic E-state index is 6.08. The van der Waals surface area contributed by atoms with Gasteiger partial charge in [-0.2, -0.15) is 0 Å². The van der Waals surface area contributed by atoms with Gasteiger partial charge in [-0.15, -0.1) is 11.3 Å². The Hall–Kier alpha value is -0.830. The van der Waals surface area contributed by atoms with E-state index in [4.69, 9.17) is 11.6 Å². The average Bonchev–Trinajstić information content (AvgIpc) is 2.79. The maximum absolute atomic E-state index is 6.08. The second kappa shape index (κ2) is 6.75. The number of nitrogens with one attached hydrogen (secondary N) is 1. The SMILES string of the molecule is CCNC(Cc1c(C)cc(C)cc1C)c1ccc(Cl)s1. The van der Waals surface area contributed by atoms with Crippen molar-refractivity contribution in [3.8, 4) is 0 Å². The first-order valence-corrected chi connectivity index (χ1v) is 8.26. The van der Waals surface area contributed by atoms with Crippen LogP contribution >= 0.6 is 22.9 Å². The highest BCUT2D eigenvalue weighted by Crippen LogP contribution is 2.30. The van der Waals surface area contributed by atoms with Gasteiger partial charge in [0.1, 0.15) is 0 Å². The van der Waals surface area contributed by atoms with Gasteiger partial charge in [0.25, 0.3) is 0 Å². The predicted molar refractivity (Wildman–Crippen MR) is 90.1 cm³/mol. The van der Waals surface area contributed by atoms with Crippen molar-refractivity contribution in [2.45, 2.75) is 40.2 Å². The number of aryl methyl sites for hydroxylation is 3. The van der Waals surface area contributed by atoms with Crippen molar-refractivity contribution in [2.24, 2.45) is 0 Å². The molecule has 108 valence electrons. The first-order chi connectivity index (χ1) is 9.51. The molecule has 1 unspecified atom stereocenters. The van der Waals surface area contributed by atoms with Crippen LogP contribution in [-0.2, 0) is 6.42 Å². The predicted octanol–water partition coefficient (Wildman–Crippen LogP) is 5.22. The summed E-state index contributed by atoms with van der Waals surface area (Å²) < 4.78 is 0.861. The van der Waals surface area contributed by atoms with E-state index in [2.05, 4.69) is 51.2 Å². The van der Waals surface area contributed by atoms with Crippen LogP contribution < -0.4 is 5.32 Å². The third-order valence-corrected chi connectivity index (χ3v) is 4.98. The molecule has 0 saturated heterocycles. The minimum absolute atomic E-state index is 0.345. The van der Waals surface area contributed by atoms with E-state index in [9.17, 15) is 0 Å². The van der Waals surface area contributed by atoms with E-state index in [-0.39, 0.29) is 0 Å². The van der Waals surface area contributed by atoms with E-state index < -0.39 is 0 Å². The monoisotopic (exact) mass is 307 g/mol. The van der Waals surface area contributed by atoms with Gasteiger partial charge in [0.2, 0.25) is 0 Å². The van der Waals surface area contributed by atoms with E-state index >= 15 is 0 Å². The van der Waals surface area contributed by atoms with E-state index in [1.54, 1.807) is 11.3 Å². The van der Waals surface area contributed by atoms with Gasteiger partial charge in [0, 0.05) is 10.9 Å². The Morgan fingerprint density at radius 3 is 2.30 bits per heavy atom. The van der Waals surface area contributed by atoms with Crippen LogP contribution in [-0.4, -0.2) is 6.54 Å². The molecule has 1 aromatic heterocycles. The molecule has 0 fully saturated rings. The van der Waals surface area contributed by atoms with Gasteiger partial charge in [-0.25, -0.2) is 0 Å². The number of thiophene rings is 1. The lowest BCUT2D eigenvalue weighted by Crippen LogP contribution is -2.22. The molecule has 1 nitrogen and oxygen atoms in total. The Morgan fingerprint density at radius 1 is 1.15 bits per heavy atom. The molecule has 1 heterocycles. The van der Waals surface area contributed by atoms with E-state index in [0.29, 0.717) is 6.04 Å². The van der Waals surface area contributed by atoms with Crippen LogP contribution in [0.1, 0.15) is 40.1 Å². The molecule has 20 heavy (non-hydrogen) atoms. The van der Waals surface area contributed by atoms with Crippen LogP contribution in [0.3, 0.4) is 0 Å². The molecule has 0 aliphatic rings. The standard InChI is InChI=1S/C17H22ClNS/c1-5-19-15(16-6-7-17(18)20-16)10-14-12(3)8-11(2)9-13(14)4/h6-9,15,19H,5,10H2,1-4H3. The summed E-state index contributed by atoms with van der Waals surface area (Å²) in [6.45, 7) is 9.69. The van der Waals surface area contributed by atoms with Crippen LogP contribution in [0, 0.1) is 20.8 Å². The minimum atomic E-state index is 0.345. The third-order valence-electron chi connectivity index (χ3n) is 3.64. The molecule has 0 spiro atoms. The summed E-state index contributed by atoms with van der Waals surface area (Å²) in [4.78, 5) is 1.32. The normalized spacial score (nSPS) is 12.7. The van der Waals surface area contributed by atoms with Crippen molar-refractivity contribution in [3.05, 3.63) is 55.7 Å². The van der Waals surface area contributed by atoms with Crippen molar-refractivity contribution in [1.29, 1.82) is 0 Å². The zero-order valence-corrected chi connectivity index (χ0v) is 14.2. The fraction of sp³-hybridized carbons (Fsp3) is 0.412. The van der Waals surface area contributed by atoms with Crippen molar-refractivity contribution in [1.82, 2.24) is 5.32 Å². The van der Waals surface area contributed by atoms with Crippen molar-refractivity contribution in [2.75, 3.05) is 6.54 Å². The Bertz CT molecular complexity index is 565. The van der Waals surface area contributed by atoms with Crippen LogP contribution in [0.25, 0.3) is 0 Å². The van der Waals surface area contributed by atoms with Crippen LogP contribution in [0.15, 0.2) is 24.3 Å². The molecule has 0 radical (unpaired) electrons. The van der Waals surface area contributed by atoms with Gasteiger partial charge in [-0.1, -0.05) is 36.2 Å². The molecule has 2 aromatic rings. The van der Waals surface area contributed by atoms with E-state index in [1.165, 1.54) is 27.1 Å². The molecular weight excluding hydrogens is 286 g/mol. The molecule has 0 saturated carbocycles. The number of halogens is 1. The minimum Gasteiger partial charge on any atom is -0.309 e. The van der Waals surface area contributed by atoms with Gasteiger partial charge in [0.15, 0.2) is 0 Å². The highest BCUT2D eigenvalue weighted by Gasteiger charge is 2.16. The second-order valence-corrected chi connectivity index (χ2v) is 7.08. The molecule has 2 rings (SSSR count). The highest BCUT2D eigenvalue weighted by molar-refractivity contribution is 7.16. The summed E-state index contributed by atoms with van der Waals surface area (Å²) in [5.41, 5.74) is 5.55. The number of likely N-dealkylation sites (N-methyl/N-ethyl adjacent to an activating group) is 1. The van der Waals surface area contributed by atoms with Crippen molar-refractivity contribution < 1.29 is 0 Å². The van der Waals surface area contributed by atoms with Gasteiger partial charge >= 0.3 is 0 Å². The lowest BCUT2D eigenvalue weighted by Gasteiger charge is -2.20. The quantitative estimate of drug-likeness (QED) is 0.798. The summed E-state index contributed by atoms with van der Waals surface area (Å²) in [6.07, 6.45) is 1.02. The van der Waals surface area contributed by atoms with Gasteiger partial charge in [0.05, 0.1) is 4.34 Å². The maximum Gasteiger partial charge on any atom is 0.0931 e. The lowest BCUT2D eigenvalue weighted by molar-refractivity contribution is 0.556. The fourth-order valence-electron chi connectivity index (χ4n) is 2.77. The van der Waals surface area contributed by atoms with Crippen molar-refractivity contribution >= 4 is 22.9 Å².